The summed E-state index contributed by atoms with van der Waals surface area (Å²) in [5.74, 6) is 0. The van der Waals surface area contributed by atoms with Crippen molar-refractivity contribution in [2.75, 3.05) is 4.90 Å². The summed E-state index contributed by atoms with van der Waals surface area (Å²) in [7, 11) is 0. The lowest BCUT2D eigenvalue weighted by molar-refractivity contribution is 1.18. The highest BCUT2D eigenvalue weighted by Gasteiger charge is 2.23. The number of para-hydroxylation sites is 2. The van der Waals surface area contributed by atoms with Crippen molar-refractivity contribution in [2.45, 2.75) is 0 Å². The van der Waals surface area contributed by atoms with E-state index < -0.39 is 0 Å². The number of anilines is 3. The molecule has 0 aliphatic rings. The molecule has 12 aromatic carbocycles. The van der Waals surface area contributed by atoms with E-state index >= 15 is 0 Å². The smallest absolute Gasteiger partial charge is 0.0546 e. The van der Waals surface area contributed by atoms with Crippen LogP contribution >= 0.6 is 0 Å². The van der Waals surface area contributed by atoms with E-state index in [1.54, 1.807) is 0 Å². The van der Waals surface area contributed by atoms with Gasteiger partial charge in [0.25, 0.3) is 0 Å². The maximum Gasteiger partial charge on any atom is 0.0546 e. The van der Waals surface area contributed by atoms with E-state index in [9.17, 15) is 0 Å². The second kappa shape index (κ2) is 18.4. The summed E-state index contributed by atoms with van der Waals surface area (Å²) in [6, 6.07) is 106. The number of rotatable bonds is 10. The van der Waals surface area contributed by atoms with Crippen LogP contribution in [-0.4, -0.2) is 4.57 Å². The van der Waals surface area contributed by atoms with Gasteiger partial charge in [-0.05, 0) is 139 Å². The first-order valence-corrected chi connectivity index (χ1v) is 24.7. The van der Waals surface area contributed by atoms with Crippen LogP contribution in [0.3, 0.4) is 0 Å². The predicted molar refractivity (Wildman–Crippen MR) is 306 cm³/mol. The molecule has 0 fully saturated rings. The summed E-state index contributed by atoms with van der Waals surface area (Å²) >= 11 is 0. The van der Waals surface area contributed by atoms with Crippen molar-refractivity contribution in [3.8, 4) is 72.4 Å². The Kier molecular flexibility index (Phi) is 10.9. The van der Waals surface area contributed by atoms with Crippen LogP contribution in [0.15, 0.2) is 291 Å². The predicted octanol–water partition coefficient (Wildman–Crippen LogP) is 19.4. The molecule has 1 aromatic heterocycles. The number of hydrogen-bond acceptors (Lipinski definition) is 1. The minimum absolute atomic E-state index is 1.06. The highest BCUT2D eigenvalue weighted by atomic mass is 15.1. The Morgan fingerprint density at radius 1 is 0.250 bits per heavy atom. The molecule has 1 heterocycles. The molecule has 0 spiro atoms. The molecule has 0 bridgehead atoms. The molecule has 72 heavy (non-hydrogen) atoms. The average Bonchev–Trinajstić information content (AvgIpc) is 3.80. The lowest BCUT2D eigenvalue weighted by Gasteiger charge is -2.30. The molecular formula is C70H48N2. The van der Waals surface area contributed by atoms with E-state index in [4.69, 9.17) is 0 Å². The van der Waals surface area contributed by atoms with Crippen molar-refractivity contribution in [1.29, 1.82) is 0 Å². The van der Waals surface area contributed by atoms with Crippen LogP contribution in [0.25, 0.3) is 105 Å². The topological polar surface area (TPSA) is 8.17 Å². The van der Waals surface area contributed by atoms with E-state index in [1.165, 1.54) is 71.5 Å². The largest absolute Gasteiger partial charge is 0.310 e. The summed E-state index contributed by atoms with van der Waals surface area (Å²) in [6.07, 6.45) is 0. The van der Waals surface area contributed by atoms with Crippen molar-refractivity contribution >= 4 is 49.6 Å². The van der Waals surface area contributed by atoms with Gasteiger partial charge in [0.1, 0.15) is 0 Å². The molecule has 0 amide bonds. The van der Waals surface area contributed by atoms with Gasteiger partial charge in [0.15, 0.2) is 0 Å². The molecule has 0 atom stereocenters. The van der Waals surface area contributed by atoms with E-state index in [1.807, 2.05) is 0 Å². The molecule has 2 nitrogen and oxygen atoms in total. The summed E-state index contributed by atoms with van der Waals surface area (Å²) in [5.41, 5.74) is 20.8. The van der Waals surface area contributed by atoms with Crippen molar-refractivity contribution in [1.82, 2.24) is 4.57 Å². The summed E-state index contributed by atoms with van der Waals surface area (Å²) < 4.78 is 2.38. The van der Waals surface area contributed by atoms with Crippen molar-refractivity contribution in [3.05, 3.63) is 291 Å². The molecule has 0 aliphatic heterocycles. The molecular weight excluding hydrogens is 869 g/mol. The Bertz CT molecular complexity index is 4060. The molecule has 338 valence electrons. The van der Waals surface area contributed by atoms with Crippen LogP contribution in [0, 0.1) is 0 Å². The maximum absolute atomic E-state index is 2.46. The van der Waals surface area contributed by atoms with Crippen LogP contribution in [0.1, 0.15) is 0 Å². The monoisotopic (exact) mass is 916 g/mol. The third kappa shape index (κ3) is 7.82. The fraction of sp³-hybridized carbons (Fsp3) is 0. The van der Waals surface area contributed by atoms with Gasteiger partial charge in [0.05, 0.1) is 16.7 Å². The number of fused-ring (bicyclic) bond motifs is 4. The Hall–Kier alpha value is -9.50. The minimum atomic E-state index is 1.06. The van der Waals surface area contributed by atoms with Crippen LogP contribution in [-0.2, 0) is 0 Å². The fourth-order valence-electron chi connectivity index (χ4n) is 10.7. The Balaban J connectivity index is 0.972. The third-order valence-electron chi connectivity index (χ3n) is 14.2. The summed E-state index contributed by atoms with van der Waals surface area (Å²) in [6.45, 7) is 0. The van der Waals surface area contributed by atoms with Crippen molar-refractivity contribution in [2.24, 2.45) is 0 Å². The first kappa shape index (κ1) is 42.6. The van der Waals surface area contributed by atoms with Crippen LogP contribution < -0.4 is 4.90 Å². The molecule has 0 saturated heterocycles. The van der Waals surface area contributed by atoms with Gasteiger partial charge in [0, 0.05) is 33.4 Å². The van der Waals surface area contributed by atoms with Gasteiger partial charge in [0.2, 0.25) is 0 Å². The van der Waals surface area contributed by atoms with Gasteiger partial charge in [-0.2, -0.15) is 0 Å². The van der Waals surface area contributed by atoms with Crippen LogP contribution in [0.5, 0.6) is 0 Å². The van der Waals surface area contributed by atoms with Gasteiger partial charge >= 0.3 is 0 Å². The van der Waals surface area contributed by atoms with Gasteiger partial charge in [-0.1, -0.05) is 224 Å². The second-order valence-corrected chi connectivity index (χ2v) is 18.5. The van der Waals surface area contributed by atoms with Crippen molar-refractivity contribution < 1.29 is 0 Å². The zero-order valence-electron chi connectivity index (χ0n) is 39.6. The van der Waals surface area contributed by atoms with E-state index in [2.05, 4.69) is 301 Å². The first-order valence-electron chi connectivity index (χ1n) is 24.7. The number of aromatic nitrogens is 1. The Labute approximate surface area is 420 Å². The van der Waals surface area contributed by atoms with E-state index in [0.29, 0.717) is 0 Å². The average molecular weight is 917 g/mol. The number of nitrogens with zero attached hydrogens (tertiary/aromatic N) is 2. The molecule has 13 aromatic rings. The zero-order valence-corrected chi connectivity index (χ0v) is 39.6. The Morgan fingerprint density at radius 2 is 0.750 bits per heavy atom. The molecule has 0 saturated carbocycles. The first-order chi connectivity index (χ1) is 35.7. The van der Waals surface area contributed by atoms with Gasteiger partial charge in [-0.3, -0.25) is 0 Å². The minimum Gasteiger partial charge on any atom is -0.310 e. The van der Waals surface area contributed by atoms with Crippen molar-refractivity contribution in [3.63, 3.8) is 0 Å². The molecule has 13 rings (SSSR count). The molecule has 0 N–H and O–H groups in total. The maximum atomic E-state index is 2.46. The lowest BCUT2D eigenvalue weighted by atomic mass is 9.87. The van der Waals surface area contributed by atoms with Gasteiger partial charge < -0.3 is 9.47 Å². The van der Waals surface area contributed by atoms with Gasteiger partial charge in [-0.15, -0.1) is 0 Å². The quantitative estimate of drug-likeness (QED) is 0.133. The lowest BCUT2D eigenvalue weighted by Crippen LogP contribution is -2.12. The molecule has 0 radical (unpaired) electrons. The molecule has 0 aliphatic carbocycles. The summed E-state index contributed by atoms with van der Waals surface area (Å²) in [4.78, 5) is 2.46. The SMILES string of the molecule is c1ccc(-c2ccccc2-c2c(-c3ccccc3)cccc2N(c2ccc(-c3ccc(-c4ccc5ccccc5c4)cc3)cc2)c2cccc(-c3ccc4c(c3)c3ccccc3n4-c3ccccc3)c2)cc1. The fourth-order valence-corrected chi connectivity index (χ4v) is 10.7. The molecule has 2 heteroatoms. The third-order valence-corrected chi connectivity index (χ3v) is 14.2. The van der Waals surface area contributed by atoms with E-state index in [-0.39, 0.29) is 0 Å². The highest BCUT2D eigenvalue weighted by molar-refractivity contribution is 6.10. The molecule has 0 unspecified atom stereocenters. The van der Waals surface area contributed by atoms with Crippen LogP contribution in [0.4, 0.5) is 17.1 Å². The van der Waals surface area contributed by atoms with Crippen LogP contribution in [0.2, 0.25) is 0 Å². The zero-order chi connectivity index (χ0) is 47.8. The number of benzene rings is 12. The summed E-state index contributed by atoms with van der Waals surface area (Å²) in [5, 5.41) is 4.96. The highest BCUT2D eigenvalue weighted by Crippen LogP contribution is 2.49. The van der Waals surface area contributed by atoms with Gasteiger partial charge in [-0.25, -0.2) is 0 Å². The normalized spacial score (nSPS) is 11.3. The second-order valence-electron chi connectivity index (χ2n) is 18.5. The Morgan fingerprint density at radius 3 is 1.50 bits per heavy atom. The van der Waals surface area contributed by atoms with E-state index in [0.717, 1.165) is 50.6 Å². The number of hydrogen-bond donors (Lipinski definition) is 0. The standard InChI is InChI=1S/C70H48N2/c1-4-19-53(20-5-1)62-28-12-13-30-65(62)70-63(54-21-6-2-7-22-54)31-17-33-69(70)71(60-43-40-51(41-44-60)50-34-36-52(37-35-50)57-39-38-49-18-10-11-23-55(49)46-57)61-27-16-24-56(47-61)58-42-45-68-66(48-58)64-29-14-15-32-67(64)72(68)59-25-8-3-9-26-59/h1-48H.